The van der Waals surface area contributed by atoms with Crippen LogP contribution in [0.5, 0.6) is 0 Å². The Morgan fingerprint density at radius 2 is 1.96 bits per heavy atom. The summed E-state index contributed by atoms with van der Waals surface area (Å²) in [7, 11) is 0. The SMILES string of the molecule is O=C(O)c1cc(CCC(=O)N2CCC(C3(C(F)(F)F)N=N3)CC2)c[nH]1. The minimum Gasteiger partial charge on any atom is -0.477 e. The number of nitrogens with one attached hydrogen (secondary N) is 1. The number of aromatic carboxylic acids is 1. The summed E-state index contributed by atoms with van der Waals surface area (Å²) in [5, 5.41) is 15.3. The lowest BCUT2D eigenvalue weighted by Gasteiger charge is -2.34. The van der Waals surface area contributed by atoms with Gasteiger partial charge in [0.25, 0.3) is 5.66 Å². The number of halogens is 3. The molecule has 0 atom stereocenters. The van der Waals surface area contributed by atoms with Crippen molar-refractivity contribution >= 4 is 11.9 Å². The van der Waals surface area contributed by atoms with E-state index in [1.165, 1.54) is 12.3 Å². The van der Waals surface area contributed by atoms with Gasteiger partial charge in [-0.05, 0) is 30.9 Å². The Morgan fingerprint density at radius 3 is 2.44 bits per heavy atom. The summed E-state index contributed by atoms with van der Waals surface area (Å²) in [5.74, 6) is -1.93. The van der Waals surface area contributed by atoms with Crippen molar-refractivity contribution in [2.45, 2.75) is 37.5 Å². The maximum Gasteiger partial charge on any atom is 0.437 e. The molecular formula is C15H17F3N4O3. The van der Waals surface area contributed by atoms with Gasteiger partial charge >= 0.3 is 12.1 Å². The molecule has 0 radical (unpaired) electrons. The zero-order valence-electron chi connectivity index (χ0n) is 13.2. The second-order valence-electron chi connectivity index (χ2n) is 6.31. The van der Waals surface area contributed by atoms with Gasteiger partial charge in [-0.15, -0.1) is 10.2 Å². The van der Waals surface area contributed by atoms with Crippen LogP contribution in [0.15, 0.2) is 22.5 Å². The smallest absolute Gasteiger partial charge is 0.437 e. The van der Waals surface area contributed by atoms with Crippen molar-refractivity contribution in [1.82, 2.24) is 9.88 Å². The number of aromatic amines is 1. The Balaban J connectivity index is 1.48. The van der Waals surface area contributed by atoms with Gasteiger partial charge in [-0.2, -0.15) is 13.2 Å². The Morgan fingerprint density at radius 1 is 1.32 bits per heavy atom. The molecule has 1 aromatic heterocycles. The standard InChI is InChI=1S/C15H17F3N4O3/c16-15(17,18)14(20-21-14)10-3-5-22(6-4-10)12(23)2-1-9-7-11(13(24)25)19-8-9/h7-8,10,19H,1-6H2,(H,24,25). The van der Waals surface area contributed by atoms with Crippen molar-refractivity contribution in [3.63, 3.8) is 0 Å². The fraction of sp³-hybridized carbons (Fsp3) is 0.600. The molecular weight excluding hydrogens is 341 g/mol. The van der Waals surface area contributed by atoms with Crippen LogP contribution in [-0.2, 0) is 11.2 Å². The number of H-pyrrole nitrogens is 1. The molecule has 0 aliphatic carbocycles. The third kappa shape index (κ3) is 3.38. The Kier molecular flexibility index (Phi) is 4.29. The van der Waals surface area contributed by atoms with Gasteiger partial charge in [-0.25, -0.2) is 4.79 Å². The van der Waals surface area contributed by atoms with Crippen molar-refractivity contribution in [2.24, 2.45) is 16.1 Å². The second-order valence-corrected chi connectivity index (χ2v) is 6.31. The molecule has 7 nitrogen and oxygen atoms in total. The molecule has 2 N–H and O–H groups in total. The van der Waals surface area contributed by atoms with Crippen LogP contribution in [0.2, 0.25) is 0 Å². The summed E-state index contributed by atoms with van der Waals surface area (Å²) in [6.07, 6.45) is -1.95. The number of carboxylic acid groups (broad SMARTS) is 1. The summed E-state index contributed by atoms with van der Waals surface area (Å²) >= 11 is 0. The maximum absolute atomic E-state index is 13.0. The normalized spacial score (nSPS) is 19.9. The molecule has 136 valence electrons. The van der Waals surface area contributed by atoms with Crippen molar-refractivity contribution in [3.8, 4) is 0 Å². The molecule has 3 rings (SSSR count). The first-order valence-electron chi connectivity index (χ1n) is 7.92. The number of hydrogen-bond acceptors (Lipinski definition) is 4. The van der Waals surface area contributed by atoms with Gasteiger partial charge in [0.15, 0.2) is 0 Å². The first-order valence-corrected chi connectivity index (χ1v) is 7.92. The average Bonchev–Trinajstić information content (AvgIpc) is 3.25. The number of likely N-dealkylation sites (tertiary alicyclic amines) is 1. The Bertz CT molecular complexity index is 699. The van der Waals surface area contributed by atoms with E-state index in [4.69, 9.17) is 5.11 Å². The zero-order valence-corrected chi connectivity index (χ0v) is 13.2. The number of hydrogen-bond donors (Lipinski definition) is 2. The van der Waals surface area contributed by atoms with Crippen LogP contribution >= 0.6 is 0 Å². The predicted octanol–water partition coefficient (Wildman–Crippen LogP) is 2.61. The maximum atomic E-state index is 13.0. The van der Waals surface area contributed by atoms with Gasteiger partial charge in [0.2, 0.25) is 5.91 Å². The summed E-state index contributed by atoms with van der Waals surface area (Å²) in [4.78, 5) is 27.1. The summed E-state index contributed by atoms with van der Waals surface area (Å²) in [6, 6.07) is 1.46. The molecule has 0 unspecified atom stereocenters. The number of aryl methyl sites for hydroxylation is 1. The van der Waals surface area contributed by atoms with Gasteiger partial charge in [0.05, 0.1) is 0 Å². The van der Waals surface area contributed by atoms with Gasteiger partial charge in [0, 0.05) is 31.6 Å². The largest absolute Gasteiger partial charge is 0.477 e. The predicted molar refractivity (Wildman–Crippen MR) is 79.0 cm³/mol. The summed E-state index contributed by atoms with van der Waals surface area (Å²) < 4.78 is 39.0. The zero-order chi connectivity index (χ0) is 18.2. The van der Waals surface area contributed by atoms with Gasteiger partial charge in [0.1, 0.15) is 5.69 Å². The number of piperidine rings is 1. The third-order valence-electron chi connectivity index (χ3n) is 4.75. The molecule has 10 heteroatoms. The van der Waals surface area contributed by atoms with E-state index in [-0.39, 0.29) is 44.0 Å². The number of alkyl halides is 3. The lowest BCUT2D eigenvalue weighted by molar-refractivity contribution is -0.180. The fourth-order valence-corrected chi connectivity index (χ4v) is 3.21. The van der Waals surface area contributed by atoms with E-state index >= 15 is 0 Å². The number of carbonyl (C=O) groups excluding carboxylic acids is 1. The first kappa shape index (κ1) is 17.4. The molecule has 1 amide bonds. The molecule has 1 saturated heterocycles. The van der Waals surface area contributed by atoms with E-state index in [0.29, 0.717) is 12.0 Å². The van der Waals surface area contributed by atoms with E-state index in [9.17, 15) is 22.8 Å². The molecule has 1 aromatic rings. The van der Waals surface area contributed by atoms with E-state index in [2.05, 4.69) is 15.2 Å². The van der Waals surface area contributed by atoms with E-state index < -0.39 is 23.7 Å². The fourth-order valence-electron chi connectivity index (χ4n) is 3.21. The van der Waals surface area contributed by atoms with Crippen LogP contribution in [0.25, 0.3) is 0 Å². The molecule has 2 aliphatic rings. The summed E-state index contributed by atoms with van der Waals surface area (Å²) in [6.45, 7) is 0.500. The highest BCUT2D eigenvalue weighted by atomic mass is 19.4. The van der Waals surface area contributed by atoms with Crippen molar-refractivity contribution < 1.29 is 27.9 Å². The molecule has 2 aliphatic heterocycles. The highest BCUT2D eigenvalue weighted by molar-refractivity contribution is 5.85. The molecule has 0 saturated carbocycles. The lowest BCUT2D eigenvalue weighted by atomic mass is 9.86. The Hall–Kier alpha value is -2.39. The van der Waals surface area contributed by atoms with Crippen LogP contribution < -0.4 is 0 Å². The second kappa shape index (κ2) is 6.16. The first-order chi connectivity index (χ1) is 11.7. The minimum atomic E-state index is -4.47. The van der Waals surface area contributed by atoms with E-state index in [1.54, 1.807) is 4.90 Å². The summed E-state index contributed by atoms with van der Waals surface area (Å²) in [5.41, 5.74) is -1.49. The minimum absolute atomic E-state index is 0.0534. The highest BCUT2D eigenvalue weighted by Gasteiger charge is 2.68. The van der Waals surface area contributed by atoms with Crippen LogP contribution in [0, 0.1) is 5.92 Å². The molecule has 1 fully saturated rings. The molecule has 0 aromatic carbocycles. The van der Waals surface area contributed by atoms with Crippen molar-refractivity contribution in [3.05, 3.63) is 23.5 Å². The molecule has 0 bridgehead atoms. The third-order valence-corrected chi connectivity index (χ3v) is 4.75. The monoisotopic (exact) mass is 358 g/mol. The number of amides is 1. The van der Waals surface area contributed by atoms with Gasteiger partial charge in [-0.1, -0.05) is 0 Å². The molecule has 3 heterocycles. The molecule has 25 heavy (non-hydrogen) atoms. The van der Waals surface area contributed by atoms with E-state index in [1.807, 2.05) is 0 Å². The topological polar surface area (TPSA) is 98.1 Å². The Labute approximate surface area is 140 Å². The number of rotatable bonds is 5. The number of carboxylic acids is 1. The van der Waals surface area contributed by atoms with Gasteiger partial charge < -0.3 is 15.0 Å². The lowest BCUT2D eigenvalue weighted by Crippen LogP contribution is -2.47. The molecule has 0 spiro atoms. The highest BCUT2D eigenvalue weighted by Crippen LogP contribution is 2.52. The average molecular weight is 358 g/mol. The van der Waals surface area contributed by atoms with Crippen LogP contribution in [0.1, 0.15) is 35.3 Å². The van der Waals surface area contributed by atoms with Crippen LogP contribution in [0.4, 0.5) is 13.2 Å². The van der Waals surface area contributed by atoms with Crippen molar-refractivity contribution in [1.29, 1.82) is 0 Å². The quantitative estimate of drug-likeness (QED) is 0.846. The van der Waals surface area contributed by atoms with Crippen LogP contribution in [0.3, 0.4) is 0 Å². The van der Waals surface area contributed by atoms with Crippen molar-refractivity contribution in [2.75, 3.05) is 13.1 Å². The van der Waals surface area contributed by atoms with E-state index in [0.717, 1.165) is 0 Å². The van der Waals surface area contributed by atoms with Gasteiger partial charge in [-0.3, -0.25) is 4.79 Å². The number of aromatic nitrogens is 1. The number of carbonyl (C=O) groups is 2. The number of nitrogens with zero attached hydrogens (tertiary/aromatic N) is 3. The van der Waals surface area contributed by atoms with Crippen LogP contribution in [-0.4, -0.2) is 51.8 Å².